The van der Waals surface area contributed by atoms with Crippen molar-refractivity contribution in [3.63, 3.8) is 0 Å². The molecular weight excluding hydrogens is 86.1 g/mol. The van der Waals surface area contributed by atoms with Crippen LogP contribution in [0, 0.1) is 12.3 Å². The highest BCUT2D eigenvalue weighted by molar-refractivity contribution is 4.85. The van der Waals surface area contributed by atoms with E-state index in [-0.39, 0.29) is 0 Å². The Balaban J connectivity index is 2.60. The maximum Gasteiger partial charge on any atom is 0.0742 e. The Kier molecular flexibility index (Phi) is 5.14. The van der Waals surface area contributed by atoms with Crippen LogP contribution in [0.1, 0.15) is 13.3 Å². The third kappa shape index (κ3) is 5.52. The molecule has 1 radical (unpaired) electrons. The molecule has 1 nitrogen and oxygen atoms in total. The molecule has 0 aliphatic carbocycles. The summed E-state index contributed by atoms with van der Waals surface area (Å²) in [5.74, 6) is 2.44. The highest BCUT2D eigenvalue weighted by atomic mass is 14.8. The Labute approximate surface area is 45.1 Å². The highest BCUT2D eigenvalue weighted by Crippen LogP contribution is 1.68. The van der Waals surface area contributed by atoms with E-state index in [1.165, 1.54) is 0 Å². The van der Waals surface area contributed by atoms with Crippen LogP contribution < -0.4 is 5.32 Å². The molecule has 0 spiro atoms. The van der Waals surface area contributed by atoms with Crippen molar-refractivity contribution < 1.29 is 0 Å². The van der Waals surface area contributed by atoms with E-state index in [2.05, 4.69) is 18.2 Å². The average molecular weight is 96.2 g/mol. The van der Waals surface area contributed by atoms with Crippen molar-refractivity contribution in [2.75, 3.05) is 13.1 Å². The number of terminal acetylenes is 1. The predicted octanol–water partition coefficient (Wildman–Crippen LogP) is 0.634. The topological polar surface area (TPSA) is 14.1 Å². The van der Waals surface area contributed by atoms with Gasteiger partial charge in [-0.05, 0) is 6.42 Å². The van der Waals surface area contributed by atoms with Gasteiger partial charge in [0.1, 0.15) is 0 Å². The van der Waals surface area contributed by atoms with Gasteiger partial charge < -0.3 is 0 Å². The van der Waals surface area contributed by atoms with Crippen LogP contribution in [0.2, 0.25) is 0 Å². The van der Waals surface area contributed by atoms with E-state index < -0.39 is 0 Å². The average Bonchev–Trinajstić information content (AvgIpc) is 1.69. The summed E-state index contributed by atoms with van der Waals surface area (Å²) >= 11 is 0. The van der Waals surface area contributed by atoms with Gasteiger partial charge in [-0.2, -0.15) is 0 Å². The van der Waals surface area contributed by atoms with Gasteiger partial charge in [0.15, 0.2) is 0 Å². The van der Waals surface area contributed by atoms with Crippen LogP contribution in [0.15, 0.2) is 0 Å². The number of nitrogens with zero attached hydrogens (tertiary/aromatic N) is 1. The Morgan fingerprint density at radius 1 is 1.71 bits per heavy atom. The largest absolute Gasteiger partial charge is 0.229 e. The van der Waals surface area contributed by atoms with E-state index in [1.807, 2.05) is 0 Å². The van der Waals surface area contributed by atoms with Gasteiger partial charge in [0.05, 0.1) is 6.54 Å². The standard InChI is InChI=1S/C6H10N/c1-3-5-7-6-4-2/h1H,4-6H2,2H3. The van der Waals surface area contributed by atoms with Gasteiger partial charge in [0.25, 0.3) is 0 Å². The summed E-state index contributed by atoms with van der Waals surface area (Å²) in [6, 6.07) is 0. The Morgan fingerprint density at radius 2 is 2.43 bits per heavy atom. The van der Waals surface area contributed by atoms with E-state index in [4.69, 9.17) is 6.42 Å². The van der Waals surface area contributed by atoms with Crippen LogP contribution >= 0.6 is 0 Å². The van der Waals surface area contributed by atoms with Crippen molar-refractivity contribution in [3.05, 3.63) is 0 Å². The normalized spacial score (nSPS) is 8.00. The lowest BCUT2D eigenvalue weighted by molar-refractivity contribution is 0.723. The second-order valence-corrected chi connectivity index (χ2v) is 1.31. The number of hydrogen-bond acceptors (Lipinski definition) is 0. The van der Waals surface area contributed by atoms with Crippen LogP contribution in [0.4, 0.5) is 0 Å². The zero-order valence-corrected chi connectivity index (χ0v) is 4.65. The minimum absolute atomic E-state index is 0.577. The molecule has 0 saturated heterocycles. The van der Waals surface area contributed by atoms with E-state index in [1.54, 1.807) is 0 Å². The molecule has 0 amide bonds. The van der Waals surface area contributed by atoms with Gasteiger partial charge in [0.2, 0.25) is 0 Å². The molecule has 0 N–H and O–H groups in total. The summed E-state index contributed by atoms with van der Waals surface area (Å²) in [6.45, 7) is 3.57. The zero-order chi connectivity index (χ0) is 5.54. The van der Waals surface area contributed by atoms with Crippen molar-refractivity contribution in [1.82, 2.24) is 5.32 Å². The molecule has 0 aliphatic heterocycles. The molecule has 0 aromatic rings. The lowest BCUT2D eigenvalue weighted by Gasteiger charge is -1.88. The van der Waals surface area contributed by atoms with Gasteiger partial charge in [-0.3, -0.25) is 0 Å². The first-order valence-electron chi connectivity index (χ1n) is 2.48. The van der Waals surface area contributed by atoms with Gasteiger partial charge in [-0.15, -0.1) is 6.42 Å². The minimum Gasteiger partial charge on any atom is -0.229 e. The summed E-state index contributed by atoms with van der Waals surface area (Å²) in [5.41, 5.74) is 0. The van der Waals surface area contributed by atoms with Crippen molar-refractivity contribution in [1.29, 1.82) is 0 Å². The molecule has 1 heteroatoms. The van der Waals surface area contributed by atoms with Crippen molar-refractivity contribution in [2.24, 2.45) is 0 Å². The van der Waals surface area contributed by atoms with Gasteiger partial charge in [-0.1, -0.05) is 12.8 Å². The molecule has 0 aliphatic rings. The third-order valence-corrected chi connectivity index (χ3v) is 0.585. The van der Waals surface area contributed by atoms with E-state index >= 15 is 0 Å². The molecule has 0 saturated carbocycles. The smallest absolute Gasteiger partial charge is 0.0742 e. The molecule has 0 heterocycles. The zero-order valence-electron chi connectivity index (χ0n) is 4.65. The third-order valence-electron chi connectivity index (χ3n) is 0.585. The highest BCUT2D eigenvalue weighted by Gasteiger charge is 1.76. The van der Waals surface area contributed by atoms with Crippen LogP contribution in [0.3, 0.4) is 0 Å². The first-order chi connectivity index (χ1) is 3.41. The fraction of sp³-hybridized carbons (Fsp3) is 0.667. The molecule has 0 rings (SSSR count). The molecular formula is C6H10N. The van der Waals surface area contributed by atoms with Crippen LogP contribution in [-0.4, -0.2) is 13.1 Å². The number of hydrogen-bond donors (Lipinski definition) is 0. The van der Waals surface area contributed by atoms with Crippen molar-refractivity contribution in [2.45, 2.75) is 13.3 Å². The summed E-state index contributed by atoms with van der Waals surface area (Å²) in [5, 5.41) is 3.97. The van der Waals surface area contributed by atoms with Gasteiger partial charge >= 0.3 is 0 Å². The molecule has 39 valence electrons. The van der Waals surface area contributed by atoms with Crippen LogP contribution in [-0.2, 0) is 0 Å². The molecule has 0 aromatic carbocycles. The fourth-order valence-corrected chi connectivity index (χ4v) is 0.302. The SMILES string of the molecule is C#CC[N]CCC. The molecule has 0 bridgehead atoms. The van der Waals surface area contributed by atoms with E-state index in [0.717, 1.165) is 13.0 Å². The molecule has 0 unspecified atom stereocenters. The predicted molar refractivity (Wildman–Crippen MR) is 31.0 cm³/mol. The first-order valence-corrected chi connectivity index (χ1v) is 2.48. The lowest BCUT2D eigenvalue weighted by atomic mass is 10.5. The molecule has 0 aromatic heterocycles. The van der Waals surface area contributed by atoms with E-state index in [9.17, 15) is 0 Å². The second kappa shape index (κ2) is 5.52. The second-order valence-electron chi connectivity index (χ2n) is 1.31. The number of rotatable bonds is 3. The monoisotopic (exact) mass is 96.1 g/mol. The molecule has 7 heavy (non-hydrogen) atoms. The summed E-state index contributed by atoms with van der Waals surface area (Å²) in [4.78, 5) is 0. The minimum atomic E-state index is 0.577. The Morgan fingerprint density at radius 3 is 2.86 bits per heavy atom. The summed E-state index contributed by atoms with van der Waals surface area (Å²) in [6.07, 6.45) is 6.02. The maximum absolute atomic E-state index is 4.93. The first kappa shape index (κ1) is 6.52. The van der Waals surface area contributed by atoms with Crippen LogP contribution in [0.5, 0.6) is 0 Å². The summed E-state index contributed by atoms with van der Waals surface area (Å²) < 4.78 is 0. The Hall–Kier alpha value is -0.480. The van der Waals surface area contributed by atoms with Gasteiger partial charge in [-0.25, -0.2) is 5.32 Å². The summed E-state index contributed by atoms with van der Waals surface area (Å²) in [7, 11) is 0. The molecule has 0 fully saturated rings. The molecule has 0 atom stereocenters. The van der Waals surface area contributed by atoms with Gasteiger partial charge in [0, 0.05) is 6.54 Å². The van der Waals surface area contributed by atoms with Crippen molar-refractivity contribution >= 4 is 0 Å². The van der Waals surface area contributed by atoms with Crippen LogP contribution in [0.25, 0.3) is 0 Å². The maximum atomic E-state index is 4.93. The fourth-order valence-electron chi connectivity index (χ4n) is 0.302. The lowest BCUT2D eigenvalue weighted by Crippen LogP contribution is -2.04. The van der Waals surface area contributed by atoms with Crippen molar-refractivity contribution in [3.8, 4) is 12.3 Å². The Bertz CT molecular complexity index is 61.1. The quantitative estimate of drug-likeness (QED) is 0.361. The van der Waals surface area contributed by atoms with E-state index in [0.29, 0.717) is 6.54 Å².